The molecule has 8 nitrogen and oxygen atoms in total. The number of carbonyl (C=O) groups is 1. The van der Waals surface area contributed by atoms with Gasteiger partial charge in [-0.1, -0.05) is 12.1 Å². The highest BCUT2D eigenvalue weighted by Gasteiger charge is 2.29. The third-order valence-electron chi connectivity index (χ3n) is 7.60. The molecule has 218 valence electrons. The number of aliphatic hydroxyl groups is 2. The molecule has 5 rings (SSSR count). The van der Waals surface area contributed by atoms with E-state index in [-0.39, 0.29) is 50.0 Å². The summed E-state index contributed by atoms with van der Waals surface area (Å²) >= 11 is 0. The molecule has 1 unspecified atom stereocenters. The monoisotopic (exact) mass is 566 g/mol. The Balaban J connectivity index is 1.25. The highest BCUT2D eigenvalue weighted by atomic mass is 19.1. The van der Waals surface area contributed by atoms with Crippen molar-refractivity contribution in [2.24, 2.45) is 0 Å². The fourth-order valence-corrected chi connectivity index (χ4v) is 5.40. The van der Waals surface area contributed by atoms with Crippen LogP contribution in [0, 0.1) is 19.7 Å². The van der Waals surface area contributed by atoms with Crippen molar-refractivity contribution in [3.05, 3.63) is 76.6 Å². The molecule has 1 fully saturated rings. The van der Waals surface area contributed by atoms with Gasteiger partial charge in [-0.3, -0.25) is 4.79 Å². The van der Waals surface area contributed by atoms with Crippen molar-refractivity contribution in [3.63, 3.8) is 0 Å². The maximum Gasteiger partial charge on any atom is 0.306 e. The molecule has 1 saturated heterocycles. The van der Waals surface area contributed by atoms with Crippen molar-refractivity contribution in [2.75, 3.05) is 26.9 Å². The summed E-state index contributed by atoms with van der Waals surface area (Å²) in [5.74, 6) is 1.28. The largest absolute Gasteiger partial charge is 0.492 e. The van der Waals surface area contributed by atoms with Crippen molar-refractivity contribution < 1.29 is 43.1 Å². The van der Waals surface area contributed by atoms with Crippen LogP contribution < -0.4 is 14.2 Å². The smallest absolute Gasteiger partial charge is 0.306 e. The zero-order valence-electron chi connectivity index (χ0n) is 23.4. The third kappa shape index (κ3) is 6.64. The van der Waals surface area contributed by atoms with Gasteiger partial charge >= 0.3 is 5.97 Å². The number of carbonyl (C=O) groups excluding carboxylic acids is 1. The number of hydrogen-bond acceptors (Lipinski definition) is 8. The maximum atomic E-state index is 15.1. The zero-order chi connectivity index (χ0) is 29.1. The van der Waals surface area contributed by atoms with Gasteiger partial charge in [-0.15, -0.1) is 0 Å². The fourth-order valence-electron chi connectivity index (χ4n) is 5.40. The molecule has 0 radical (unpaired) electrons. The molecule has 2 aliphatic rings. The lowest BCUT2D eigenvalue weighted by atomic mass is 9.94. The first-order valence-electron chi connectivity index (χ1n) is 13.7. The van der Waals surface area contributed by atoms with Gasteiger partial charge in [0, 0.05) is 29.5 Å². The minimum Gasteiger partial charge on any atom is -0.492 e. The number of esters is 1. The first-order valence-corrected chi connectivity index (χ1v) is 13.7. The topological polar surface area (TPSA) is 104 Å². The second-order valence-corrected chi connectivity index (χ2v) is 10.7. The average Bonchev–Trinajstić information content (AvgIpc) is 3.35. The van der Waals surface area contributed by atoms with Crippen molar-refractivity contribution in [3.8, 4) is 28.4 Å². The number of benzene rings is 3. The Hall–Kier alpha value is -3.66. The molecule has 9 heteroatoms. The van der Waals surface area contributed by atoms with Gasteiger partial charge in [-0.05, 0) is 66.4 Å². The van der Waals surface area contributed by atoms with E-state index in [1.54, 1.807) is 12.1 Å². The Morgan fingerprint density at radius 1 is 0.976 bits per heavy atom. The van der Waals surface area contributed by atoms with Crippen LogP contribution in [-0.4, -0.2) is 61.4 Å². The average molecular weight is 567 g/mol. The van der Waals surface area contributed by atoms with Gasteiger partial charge in [0.1, 0.15) is 42.4 Å². The molecule has 2 heterocycles. The standard InChI is InChI=1S/C32H35FO8/c1-18-8-23(39-16-24-12-28(34)29(35)17-40-24)9-19(2)32(18)26-10-20(4-7-27(26)33)14-38-22-5-6-25-21(11-31(36)37-3)15-41-30(25)13-22/h4-10,13,21,24,28-29,34-35H,11-12,14-17H2,1-3H3/t21?,24-,28-,29+/m0/s1. The van der Waals surface area contributed by atoms with Crippen LogP contribution in [0.5, 0.6) is 17.2 Å². The van der Waals surface area contributed by atoms with Crippen LogP contribution in [0.1, 0.15) is 41.0 Å². The van der Waals surface area contributed by atoms with E-state index < -0.39 is 12.2 Å². The van der Waals surface area contributed by atoms with Crippen LogP contribution in [0.25, 0.3) is 11.1 Å². The molecule has 4 atom stereocenters. The summed E-state index contributed by atoms with van der Waals surface area (Å²) < 4.78 is 43.1. The highest BCUT2D eigenvalue weighted by molar-refractivity contribution is 5.73. The van der Waals surface area contributed by atoms with Crippen molar-refractivity contribution >= 4 is 5.97 Å². The predicted molar refractivity (Wildman–Crippen MR) is 149 cm³/mol. The molecule has 41 heavy (non-hydrogen) atoms. The number of rotatable bonds is 9. The lowest BCUT2D eigenvalue weighted by molar-refractivity contribution is -0.141. The van der Waals surface area contributed by atoms with Gasteiger partial charge in [-0.2, -0.15) is 0 Å². The Morgan fingerprint density at radius 2 is 1.76 bits per heavy atom. The van der Waals surface area contributed by atoms with Crippen molar-refractivity contribution in [1.82, 2.24) is 0 Å². The van der Waals surface area contributed by atoms with Gasteiger partial charge in [0.25, 0.3) is 0 Å². The van der Waals surface area contributed by atoms with E-state index >= 15 is 4.39 Å². The summed E-state index contributed by atoms with van der Waals surface area (Å²) in [7, 11) is 1.37. The van der Waals surface area contributed by atoms with Gasteiger partial charge in [0.05, 0.1) is 39.0 Å². The number of halogens is 1. The fraction of sp³-hybridized carbons (Fsp3) is 0.406. The van der Waals surface area contributed by atoms with Gasteiger partial charge in [0.15, 0.2) is 0 Å². The quantitative estimate of drug-likeness (QED) is 0.362. The lowest BCUT2D eigenvalue weighted by Crippen LogP contribution is -2.43. The van der Waals surface area contributed by atoms with E-state index in [1.807, 2.05) is 44.2 Å². The normalized spacial score (nSPS) is 21.6. The zero-order valence-corrected chi connectivity index (χ0v) is 23.4. The van der Waals surface area contributed by atoms with E-state index in [4.69, 9.17) is 23.7 Å². The van der Waals surface area contributed by atoms with Crippen LogP contribution in [-0.2, 0) is 20.9 Å². The SMILES string of the molecule is COC(=O)CC1COc2cc(OCc3ccc(F)c(-c4c(C)cc(OC[C@@H]5C[C@H](O)[C@H](O)CO5)cc4C)c3)ccc21. The molecule has 0 spiro atoms. The van der Waals surface area contributed by atoms with Crippen LogP contribution >= 0.6 is 0 Å². The first kappa shape index (κ1) is 28.9. The molecule has 3 aromatic rings. The molecule has 2 N–H and O–H groups in total. The number of fused-ring (bicyclic) bond motifs is 1. The number of aryl methyl sites for hydroxylation is 2. The van der Waals surface area contributed by atoms with Gasteiger partial charge < -0.3 is 33.9 Å². The van der Waals surface area contributed by atoms with E-state index in [0.717, 1.165) is 27.8 Å². The molecule has 3 aromatic carbocycles. The summed E-state index contributed by atoms with van der Waals surface area (Å²) in [6, 6.07) is 14.2. The summed E-state index contributed by atoms with van der Waals surface area (Å²) in [5.41, 5.74) is 4.73. The van der Waals surface area contributed by atoms with Crippen LogP contribution in [0.4, 0.5) is 4.39 Å². The first-order chi connectivity index (χ1) is 19.7. The molecule has 0 amide bonds. The van der Waals surface area contributed by atoms with E-state index in [1.165, 1.54) is 13.2 Å². The molecule has 2 aliphatic heterocycles. The van der Waals surface area contributed by atoms with Crippen molar-refractivity contribution in [1.29, 1.82) is 0 Å². The van der Waals surface area contributed by atoms with Gasteiger partial charge in [-0.25, -0.2) is 4.39 Å². The van der Waals surface area contributed by atoms with E-state index in [0.29, 0.717) is 35.8 Å². The predicted octanol–water partition coefficient (Wildman–Crippen LogP) is 4.62. The Morgan fingerprint density at radius 3 is 2.49 bits per heavy atom. The summed E-state index contributed by atoms with van der Waals surface area (Å²) in [6.07, 6.45) is -1.46. The number of methoxy groups -OCH3 is 1. The number of hydrogen-bond donors (Lipinski definition) is 2. The highest BCUT2D eigenvalue weighted by Crippen LogP contribution is 2.39. The number of aliphatic hydroxyl groups excluding tert-OH is 2. The molecular formula is C32H35FO8. The Labute approximate surface area is 238 Å². The third-order valence-corrected chi connectivity index (χ3v) is 7.60. The second-order valence-electron chi connectivity index (χ2n) is 10.7. The maximum absolute atomic E-state index is 15.1. The lowest BCUT2D eigenvalue weighted by Gasteiger charge is -2.30. The van der Waals surface area contributed by atoms with Crippen LogP contribution in [0.2, 0.25) is 0 Å². The molecule has 0 bridgehead atoms. The Kier molecular flexibility index (Phi) is 8.77. The summed E-state index contributed by atoms with van der Waals surface area (Å²) in [5, 5.41) is 19.5. The van der Waals surface area contributed by atoms with Crippen molar-refractivity contribution in [2.45, 2.75) is 57.5 Å². The van der Waals surface area contributed by atoms with E-state index in [9.17, 15) is 15.0 Å². The number of ether oxygens (including phenoxy) is 5. The molecule has 0 aromatic heterocycles. The molecule has 0 aliphatic carbocycles. The van der Waals surface area contributed by atoms with Gasteiger partial charge in [0.2, 0.25) is 0 Å². The minimum atomic E-state index is -0.874. The van der Waals surface area contributed by atoms with Crippen LogP contribution in [0.15, 0.2) is 48.5 Å². The summed E-state index contributed by atoms with van der Waals surface area (Å²) in [6.45, 7) is 4.78. The molecule has 0 saturated carbocycles. The van der Waals surface area contributed by atoms with Crippen LogP contribution in [0.3, 0.4) is 0 Å². The second kappa shape index (κ2) is 12.5. The molecular weight excluding hydrogens is 531 g/mol. The van der Waals surface area contributed by atoms with E-state index in [2.05, 4.69) is 0 Å². The summed E-state index contributed by atoms with van der Waals surface area (Å²) in [4.78, 5) is 11.7. The minimum absolute atomic E-state index is 0.0445. The Bertz CT molecular complexity index is 1380.